The maximum atomic E-state index is 12.2. The number of rotatable bonds is 5. The Hall–Kier alpha value is -2.08. The first-order valence-corrected chi connectivity index (χ1v) is 7.61. The highest BCUT2D eigenvalue weighted by Crippen LogP contribution is 2.22. The standard InChI is InChI=1S/C15H20N4OS/c1-10(15-17-6-7-21-15)9-18-14(20)11-4-5-13(19(2)3)12(16)8-11/h4-8,10H,9,16H2,1-3H3,(H,18,20). The van der Waals surface area contributed by atoms with Crippen molar-refractivity contribution in [3.05, 3.63) is 40.3 Å². The van der Waals surface area contributed by atoms with Crippen molar-refractivity contribution in [2.45, 2.75) is 12.8 Å². The summed E-state index contributed by atoms with van der Waals surface area (Å²) in [6, 6.07) is 5.35. The first kappa shape index (κ1) is 15.3. The first-order valence-electron chi connectivity index (χ1n) is 6.73. The number of thiazole rings is 1. The molecule has 1 amide bonds. The van der Waals surface area contributed by atoms with Crippen molar-refractivity contribution < 1.29 is 4.79 Å². The summed E-state index contributed by atoms with van der Waals surface area (Å²) in [7, 11) is 3.84. The van der Waals surface area contributed by atoms with Crippen LogP contribution >= 0.6 is 11.3 Å². The van der Waals surface area contributed by atoms with Gasteiger partial charge in [0.1, 0.15) is 0 Å². The van der Waals surface area contributed by atoms with Gasteiger partial charge in [-0.3, -0.25) is 4.79 Å². The molecule has 0 aliphatic rings. The number of nitrogens with zero attached hydrogens (tertiary/aromatic N) is 2. The molecule has 5 nitrogen and oxygen atoms in total. The quantitative estimate of drug-likeness (QED) is 0.832. The predicted octanol–water partition coefficient (Wildman–Crippen LogP) is 2.32. The van der Waals surface area contributed by atoms with Crippen LogP contribution in [-0.2, 0) is 0 Å². The molecular formula is C15H20N4OS. The molecule has 0 bridgehead atoms. The van der Waals surface area contributed by atoms with E-state index in [0.29, 0.717) is 17.8 Å². The molecule has 0 aliphatic heterocycles. The number of aromatic nitrogens is 1. The first-order chi connectivity index (χ1) is 9.99. The predicted molar refractivity (Wildman–Crippen MR) is 88.0 cm³/mol. The summed E-state index contributed by atoms with van der Waals surface area (Å²) in [5.41, 5.74) is 8.04. The third-order valence-electron chi connectivity index (χ3n) is 3.21. The van der Waals surface area contributed by atoms with E-state index >= 15 is 0 Å². The van der Waals surface area contributed by atoms with Crippen molar-refractivity contribution in [2.75, 3.05) is 31.3 Å². The smallest absolute Gasteiger partial charge is 0.251 e. The van der Waals surface area contributed by atoms with Crippen molar-refractivity contribution in [3.63, 3.8) is 0 Å². The fraction of sp³-hybridized carbons (Fsp3) is 0.333. The second-order valence-corrected chi connectivity index (χ2v) is 6.08. The maximum Gasteiger partial charge on any atom is 0.251 e. The van der Waals surface area contributed by atoms with Crippen LogP contribution in [0.1, 0.15) is 28.2 Å². The number of anilines is 2. The molecule has 1 unspecified atom stereocenters. The van der Waals surface area contributed by atoms with Crippen LogP contribution in [0.5, 0.6) is 0 Å². The van der Waals surface area contributed by atoms with Crippen LogP contribution in [0, 0.1) is 0 Å². The second-order valence-electron chi connectivity index (χ2n) is 5.15. The molecule has 0 saturated carbocycles. The number of benzene rings is 1. The Morgan fingerprint density at radius 1 is 1.48 bits per heavy atom. The van der Waals surface area contributed by atoms with Crippen LogP contribution < -0.4 is 16.0 Å². The average Bonchev–Trinajstić information content (AvgIpc) is 2.98. The zero-order chi connectivity index (χ0) is 15.4. The lowest BCUT2D eigenvalue weighted by molar-refractivity contribution is 0.0951. The summed E-state index contributed by atoms with van der Waals surface area (Å²) >= 11 is 1.60. The Labute approximate surface area is 128 Å². The molecule has 3 N–H and O–H groups in total. The van der Waals surface area contributed by atoms with Crippen molar-refractivity contribution in [2.24, 2.45) is 0 Å². The summed E-state index contributed by atoms with van der Waals surface area (Å²) in [6.07, 6.45) is 1.78. The summed E-state index contributed by atoms with van der Waals surface area (Å²) in [5.74, 6) is 0.0859. The Balaban J connectivity index is 1.99. The largest absolute Gasteiger partial charge is 0.397 e. The molecule has 1 atom stereocenters. The Morgan fingerprint density at radius 3 is 2.81 bits per heavy atom. The summed E-state index contributed by atoms with van der Waals surface area (Å²) in [6.45, 7) is 2.60. The lowest BCUT2D eigenvalue weighted by Gasteiger charge is -2.16. The van der Waals surface area contributed by atoms with Gasteiger partial charge in [-0.2, -0.15) is 0 Å². The number of hydrogen-bond acceptors (Lipinski definition) is 5. The highest BCUT2D eigenvalue weighted by atomic mass is 32.1. The number of nitrogens with two attached hydrogens (primary N) is 1. The van der Waals surface area contributed by atoms with E-state index in [1.165, 1.54) is 0 Å². The van der Waals surface area contributed by atoms with E-state index in [1.807, 2.05) is 37.4 Å². The van der Waals surface area contributed by atoms with Crippen molar-refractivity contribution >= 4 is 28.6 Å². The molecule has 0 fully saturated rings. The molecule has 0 spiro atoms. The number of carbonyl (C=O) groups is 1. The molecule has 112 valence electrons. The fourth-order valence-corrected chi connectivity index (χ4v) is 2.71. The summed E-state index contributed by atoms with van der Waals surface area (Å²) < 4.78 is 0. The molecule has 2 aromatic rings. The average molecular weight is 304 g/mol. The minimum atomic E-state index is -0.115. The zero-order valence-electron chi connectivity index (χ0n) is 12.5. The minimum absolute atomic E-state index is 0.115. The van der Waals surface area contributed by atoms with Gasteiger partial charge in [-0.1, -0.05) is 6.92 Å². The van der Waals surface area contributed by atoms with Crippen molar-refractivity contribution in [3.8, 4) is 0 Å². The molecule has 0 radical (unpaired) electrons. The van der Waals surface area contributed by atoms with Crippen LogP contribution in [0.3, 0.4) is 0 Å². The minimum Gasteiger partial charge on any atom is -0.397 e. The summed E-state index contributed by atoms with van der Waals surface area (Å²) in [5, 5.41) is 5.89. The Kier molecular flexibility index (Phi) is 4.80. The van der Waals surface area contributed by atoms with Crippen LogP contribution in [0.15, 0.2) is 29.8 Å². The van der Waals surface area contributed by atoms with Gasteiger partial charge in [-0.25, -0.2) is 4.98 Å². The Bertz CT molecular complexity index is 610. The van der Waals surface area contributed by atoms with Crippen LogP contribution in [0.25, 0.3) is 0 Å². The number of nitrogens with one attached hydrogen (secondary N) is 1. The van der Waals surface area contributed by atoms with Gasteiger partial charge in [0.05, 0.1) is 16.4 Å². The van der Waals surface area contributed by atoms with Gasteiger partial charge >= 0.3 is 0 Å². The van der Waals surface area contributed by atoms with E-state index in [0.717, 1.165) is 10.7 Å². The number of carbonyl (C=O) groups excluding carboxylic acids is 1. The van der Waals surface area contributed by atoms with E-state index in [1.54, 1.807) is 29.7 Å². The monoisotopic (exact) mass is 304 g/mol. The molecule has 6 heteroatoms. The highest BCUT2D eigenvalue weighted by molar-refractivity contribution is 7.09. The molecule has 2 rings (SSSR count). The van der Waals surface area contributed by atoms with Gasteiger partial charge in [-0.05, 0) is 18.2 Å². The van der Waals surface area contributed by atoms with E-state index in [-0.39, 0.29) is 11.8 Å². The highest BCUT2D eigenvalue weighted by Gasteiger charge is 2.12. The second kappa shape index (κ2) is 6.58. The van der Waals surface area contributed by atoms with Gasteiger partial charge in [-0.15, -0.1) is 11.3 Å². The maximum absolute atomic E-state index is 12.2. The van der Waals surface area contributed by atoms with Gasteiger partial charge in [0, 0.05) is 43.7 Å². The molecule has 0 aliphatic carbocycles. The van der Waals surface area contributed by atoms with Crippen LogP contribution in [0.4, 0.5) is 11.4 Å². The Morgan fingerprint density at radius 2 is 2.24 bits per heavy atom. The third kappa shape index (κ3) is 3.72. The van der Waals surface area contributed by atoms with E-state index in [9.17, 15) is 4.79 Å². The topological polar surface area (TPSA) is 71.2 Å². The summed E-state index contributed by atoms with van der Waals surface area (Å²) in [4.78, 5) is 18.3. The molecule has 1 aromatic heterocycles. The zero-order valence-corrected chi connectivity index (χ0v) is 13.3. The van der Waals surface area contributed by atoms with E-state index in [4.69, 9.17) is 5.73 Å². The normalized spacial score (nSPS) is 12.0. The van der Waals surface area contributed by atoms with Crippen LogP contribution in [0.2, 0.25) is 0 Å². The van der Waals surface area contributed by atoms with Gasteiger partial charge in [0.15, 0.2) is 0 Å². The van der Waals surface area contributed by atoms with Gasteiger partial charge in [0.25, 0.3) is 5.91 Å². The van der Waals surface area contributed by atoms with Crippen molar-refractivity contribution in [1.82, 2.24) is 10.3 Å². The molecule has 1 aromatic carbocycles. The van der Waals surface area contributed by atoms with E-state index in [2.05, 4.69) is 10.3 Å². The number of nitrogen functional groups attached to an aromatic ring is 1. The van der Waals surface area contributed by atoms with E-state index < -0.39 is 0 Å². The van der Waals surface area contributed by atoms with Crippen molar-refractivity contribution in [1.29, 1.82) is 0 Å². The molecule has 0 saturated heterocycles. The lowest BCUT2D eigenvalue weighted by Crippen LogP contribution is -2.27. The lowest BCUT2D eigenvalue weighted by atomic mass is 10.1. The number of amides is 1. The van der Waals surface area contributed by atoms with Gasteiger partial charge in [0.2, 0.25) is 0 Å². The number of hydrogen-bond donors (Lipinski definition) is 2. The SMILES string of the molecule is CC(CNC(=O)c1ccc(N(C)C)c(N)c1)c1nccs1. The molecular weight excluding hydrogens is 284 g/mol. The molecule has 21 heavy (non-hydrogen) atoms. The third-order valence-corrected chi connectivity index (χ3v) is 4.22. The molecule has 1 heterocycles. The fourth-order valence-electron chi connectivity index (χ4n) is 2.02. The van der Waals surface area contributed by atoms with Crippen LogP contribution in [-0.4, -0.2) is 31.5 Å². The van der Waals surface area contributed by atoms with Gasteiger partial charge < -0.3 is 16.0 Å².